The quantitative estimate of drug-likeness (QED) is 0.450. The molecule has 1 aromatic rings. The molecular weight excluding hydrogens is 362 g/mol. The summed E-state index contributed by atoms with van der Waals surface area (Å²) >= 11 is 5.67. The molecule has 0 unspecified atom stereocenters. The number of carboxylic acid groups (broad SMARTS) is 1. The number of rotatable bonds is 3. The molecule has 1 aliphatic rings. The third kappa shape index (κ3) is 7.58. The first kappa shape index (κ1) is 21.5. The molecule has 0 bridgehead atoms. The van der Waals surface area contributed by atoms with Gasteiger partial charge in [-0.25, -0.2) is 4.79 Å². The van der Waals surface area contributed by atoms with Gasteiger partial charge in [0.25, 0.3) is 0 Å². The number of carbonyl (C=O) groups is 1. The summed E-state index contributed by atoms with van der Waals surface area (Å²) in [5, 5.41) is 16.8. The van der Waals surface area contributed by atoms with Crippen molar-refractivity contribution in [2.24, 2.45) is 16.5 Å². The molecule has 26 heavy (non-hydrogen) atoms. The molecule has 1 aromatic carbocycles. The summed E-state index contributed by atoms with van der Waals surface area (Å²) in [4.78, 5) is 16.1. The summed E-state index contributed by atoms with van der Waals surface area (Å²) in [5.74, 6) is -0.487. The lowest BCUT2D eigenvalue weighted by atomic mass is 10.1. The Morgan fingerprint density at radius 1 is 1.31 bits per heavy atom. The van der Waals surface area contributed by atoms with Crippen LogP contribution in [0.2, 0.25) is 5.02 Å². The zero-order valence-corrected chi connectivity index (χ0v) is 15.5. The average Bonchev–Trinajstić information content (AvgIpc) is 2.57. The van der Waals surface area contributed by atoms with Crippen LogP contribution in [-0.2, 0) is 9.53 Å². The Labute approximate surface area is 157 Å². The number of aliphatic carboxylic acids is 1. The number of nitrogens with zero attached hydrogens (tertiary/aromatic N) is 2. The molecule has 1 heterocycles. The summed E-state index contributed by atoms with van der Waals surface area (Å²) < 4.78 is 10.4. The van der Waals surface area contributed by atoms with Crippen molar-refractivity contribution in [3.05, 3.63) is 29.3 Å². The van der Waals surface area contributed by atoms with E-state index in [2.05, 4.69) is 4.99 Å². The van der Waals surface area contributed by atoms with Crippen LogP contribution in [0.1, 0.15) is 13.8 Å². The van der Waals surface area contributed by atoms with Crippen molar-refractivity contribution >= 4 is 29.5 Å². The molecule has 10 heteroatoms. The highest BCUT2D eigenvalue weighted by atomic mass is 35.5. The summed E-state index contributed by atoms with van der Waals surface area (Å²) in [6.07, 6.45) is 0. The van der Waals surface area contributed by atoms with Crippen LogP contribution < -0.4 is 16.2 Å². The van der Waals surface area contributed by atoms with E-state index in [1.807, 2.05) is 0 Å². The van der Waals surface area contributed by atoms with Crippen LogP contribution in [0.5, 0.6) is 5.75 Å². The van der Waals surface area contributed by atoms with Gasteiger partial charge in [-0.15, -0.1) is 0 Å². The molecule has 0 aromatic heterocycles. The second-order valence-electron chi connectivity index (χ2n) is 5.83. The molecular formula is C16H24ClN5O4. The summed E-state index contributed by atoms with van der Waals surface area (Å²) in [7, 11) is 0. The molecule has 0 radical (unpaired) electrons. The number of benzene rings is 1. The first-order valence-corrected chi connectivity index (χ1v) is 8.18. The molecule has 0 atom stereocenters. The fourth-order valence-corrected chi connectivity index (χ4v) is 1.94. The normalized spacial score (nSPS) is 13.9. The maximum atomic E-state index is 10.7. The minimum Gasteiger partial charge on any atom is -0.478 e. The fourth-order valence-electron chi connectivity index (χ4n) is 1.81. The van der Waals surface area contributed by atoms with Crippen LogP contribution in [0.15, 0.2) is 29.3 Å². The number of morpholine rings is 1. The Kier molecular flexibility index (Phi) is 8.14. The van der Waals surface area contributed by atoms with Crippen molar-refractivity contribution in [2.45, 2.75) is 19.4 Å². The predicted molar refractivity (Wildman–Crippen MR) is 99.7 cm³/mol. The van der Waals surface area contributed by atoms with Gasteiger partial charge in [-0.2, -0.15) is 4.99 Å². The number of carboxylic acids is 1. The van der Waals surface area contributed by atoms with Crippen molar-refractivity contribution < 1.29 is 19.4 Å². The SMILES string of the molecule is CC(C)(Oc1ccc(Cl)cc1)C(=O)O.N=C(N=C(N)N)N1CCOCC1. The van der Waals surface area contributed by atoms with Crippen LogP contribution in [0.25, 0.3) is 0 Å². The average molecular weight is 386 g/mol. The van der Waals surface area contributed by atoms with Gasteiger partial charge >= 0.3 is 5.97 Å². The monoisotopic (exact) mass is 385 g/mol. The first-order valence-electron chi connectivity index (χ1n) is 7.80. The van der Waals surface area contributed by atoms with Crippen LogP contribution in [0, 0.1) is 5.41 Å². The van der Waals surface area contributed by atoms with E-state index >= 15 is 0 Å². The number of aliphatic imine (C=N–C) groups is 1. The number of halogens is 1. The number of ether oxygens (including phenoxy) is 2. The highest BCUT2D eigenvalue weighted by molar-refractivity contribution is 6.30. The van der Waals surface area contributed by atoms with Crippen LogP contribution in [0.4, 0.5) is 0 Å². The maximum absolute atomic E-state index is 10.7. The minimum absolute atomic E-state index is 0.0773. The zero-order valence-electron chi connectivity index (χ0n) is 14.7. The molecule has 9 nitrogen and oxygen atoms in total. The second kappa shape index (κ2) is 9.83. The Morgan fingerprint density at radius 3 is 2.31 bits per heavy atom. The van der Waals surface area contributed by atoms with Gasteiger partial charge in [0.15, 0.2) is 11.6 Å². The van der Waals surface area contributed by atoms with Crippen molar-refractivity contribution in [1.82, 2.24) is 4.90 Å². The number of nitrogens with one attached hydrogen (secondary N) is 1. The van der Waals surface area contributed by atoms with Gasteiger partial charge in [0, 0.05) is 18.1 Å². The molecule has 0 amide bonds. The number of hydrogen-bond acceptors (Lipinski definition) is 4. The van der Waals surface area contributed by atoms with Gasteiger partial charge in [0.1, 0.15) is 5.75 Å². The lowest BCUT2D eigenvalue weighted by Gasteiger charge is -2.26. The van der Waals surface area contributed by atoms with Gasteiger partial charge < -0.3 is 30.9 Å². The highest BCUT2D eigenvalue weighted by Crippen LogP contribution is 2.20. The standard InChI is InChI=1S/C10H11ClO3.C6H13N5O/c1-10(2,9(12)13)14-8-5-3-7(11)4-6-8;7-5(8)10-6(9)11-1-3-12-4-2-11/h3-6H,1-2H3,(H,12,13);1-4H2,(H5,7,8,9,10). The Bertz CT molecular complexity index is 639. The smallest absolute Gasteiger partial charge is 0.347 e. The Morgan fingerprint density at radius 2 is 1.85 bits per heavy atom. The maximum Gasteiger partial charge on any atom is 0.347 e. The van der Waals surface area contributed by atoms with Gasteiger partial charge in [0.05, 0.1) is 13.2 Å². The number of nitrogens with two attached hydrogens (primary N) is 2. The summed E-state index contributed by atoms with van der Waals surface area (Å²) in [5.41, 5.74) is 9.03. The molecule has 0 aliphatic carbocycles. The van der Waals surface area contributed by atoms with Gasteiger partial charge in [-0.3, -0.25) is 5.41 Å². The van der Waals surface area contributed by atoms with E-state index in [0.29, 0.717) is 37.1 Å². The fraction of sp³-hybridized carbons (Fsp3) is 0.438. The van der Waals surface area contributed by atoms with Crippen LogP contribution >= 0.6 is 11.6 Å². The third-order valence-corrected chi connectivity index (χ3v) is 3.50. The van der Waals surface area contributed by atoms with E-state index in [4.69, 9.17) is 43.1 Å². The lowest BCUT2D eigenvalue weighted by molar-refractivity contribution is -0.152. The van der Waals surface area contributed by atoms with Crippen molar-refractivity contribution in [2.75, 3.05) is 26.3 Å². The van der Waals surface area contributed by atoms with E-state index in [1.54, 1.807) is 29.2 Å². The highest BCUT2D eigenvalue weighted by Gasteiger charge is 2.29. The van der Waals surface area contributed by atoms with E-state index in [-0.39, 0.29) is 11.9 Å². The molecule has 1 fully saturated rings. The van der Waals surface area contributed by atoms with E-state index < -0.39 is 11.6 Å². The Hall–Kier alpha value is -2.52. The van der Waals surface area contributed by atoms with Crippen LogP contribution in [-0.4, -0.2) is 59.8 Å². The Balaban J connectivity index is 0.000000263. The largest absolute Gasteiger partial charge is 0.478 e. The van der Waals surface area contributed by atoms with Crippen molar-refractivity contribution in [3.8, 4) is 5.75 Å². The van der Waals surface area contributed by atoms with E-state index in [1.165, 1.54) is 13.8 Å². The molecule has 6 N–H and O–H groups in total. The first-order chi connectivity index (χ1) is 12.1. The minimum atomic E-state index is -1.23. The summed E-state index contributed by atoms with van der Waals surface area (Å²) in [6.45, 7) is 5.59. The lowest BCUT2D eigenvalue weighted by Crippen LogP contribution is -2.41. The molecule has 2 rings (SSSR count). The second-order valence-corrected chi connectivity index (χ2v) is 6.27. The van der Waals surface area contributed by atoms with Gasteiger partial charge in [0.2, 0.25) is 5.96 Å². The van der Waals surface area contributed by atoms with E-state index in [0.717, 1.165) is 0 Å². The molecule has 1 aliphatic heterocycles. The molecule has 144 valence electrons. The third-order valence-electron chi connectivity index (χ3n) is 3.25. The van der Waals surface area contributed by atoms with Crippen molar-refractivity contribution in [3.63, 3.8) is 0 Å². The topological polar surface area (TPSA) is 147 Å². The molecule has 1 saturated heterocycles. The van der Waals surface area contributed by atoms with E-state index in [9.17, 15) is 4.79 Å². The molecule has 0 saturated carbocycles. The predicted octanol–water partition coefficient (Wildman–Crippen LogP) is 1.11. The zero-order chi connectivity index (χ0) is 19.7. The van der Waals surface area contributed by atoms with Crippen LogP contribution in [0.3, 0.4) is 0 Å². The van der Waals surface area contributed by atoms with Crippen molar-refractivity contribution in [1.29, 1.82) is 5.41 Å². The summed E-state index contributed by atoms with van der Waals surface area (Å²) in [6, 6.07) is 6.56. The molecule has 0 spiro atoms. The number of hydrogen-bond donors (Lipinski definition) is 4. The van der Waals surface area contributed by atoms with Gasteiger partial charge in [-0.1, -0.05) is 11.6 Å². The van der Waals surface area contributed by atoms with Gasteiger partial charge in [-0.05, 0) is 38.1 Å². The number of guanidine groups is 2.